The van der Waals surface area contributed by atoms with Crippen LogP contribution in [0.4, 0.5) is 10.5 Å². The number of unbranched alkanes of at least 4 members (excludes halogenated alkanes) is 4. The SMILES string of the molecule is CCCCCCCOc1ccccc1NC(=O)OC(COCCC)N1CCCC1. The van der Waals surface area contributed by atoms with Crippen LogP contribution in [-0.4, -0.2) is 50.1 Å². The number of likely N-dealkylation sites (tertiary alicyclic amines) is 1. The van der Waals surface area contributed by atoms with E-state index in [1.807, 2.05) is 24.3 Å². The average Bonchev–Trinajstić information content (AvgIpc) is 3.26. The van der Waals surface area contributed by atoms with Crippen molar-refractivity contribution in [1.82, 2.24) is 4.90 Å². The normalized spacial score (nSPS) is 15.2. The van der Waals surface area contributed by atoms with E-state index in [0.717, 1.165) is 38.8 Å². The first-order chi connectivity index (χ1) is 14.2. The van der Waals surface area contributed by atoms with Gasteiger partial charge in [0.05, 0.1) is 18.9 Å². The number of carbonyl (C=O) groups excluding carboxylic acids is 1. The molecule has 6 nitrogen and oxygen atoms in total. The predicted octanol–water partition coefficient (Wildman–Crippen LogP) is 5.43. The van der Waals surface area contributed by atoms with E-state index >= 15 is 0 Å². The zero-order valence-corrected chi connectivity index (χ0v) is 18.2. The van der Waals surface area contributed by atoms with Crippen molar-refractivity contribution in [2.24, 2.45) is 0 Å². The smallest absolute Gasteiger partial charge is 0.413 e. The van der Waals surface area contributed by atoms with Gasteiger partial charge in [-0.25, -0.2) is 4.79 Å². The van der Waals surface area contributed by atoms with Gasteiger partial charge in [-0.3, -0.25) is 10.2 Å². The number of hydrogen-bond acceptors (Lipinski definition) is 5. The fourth-order valence-corrected chi connectivity index (χ4v) is 3.42. The van der Waals surface area contributed by atoms with Crippen molar-refractivity contribution in [2.75, 3.05) is 38.2 Å². The molecule has 164 valence electrons. The number of amides is 1. The van der Waals surface area contributed by atoms with Gasteiger partial charge in [0.25, 0.3) is 0 Å². The van der Waals surface area contributed by atoms with E-state index in [9.17, 15) is 4.79 Å². The van der Waals surface area contributed by atoms with Gasteiger partial charge < -0.3 is 14.2 Å². The first-order valence-electron chi connectivity index (χ1n) is 11.3. The van der Waals surface area contributed by atoms with Gasteiger partial charge in [0.2, 0.25) is 0 Å². The maximum atomic E-state index is 12.5. The summed E-state index contributed by atoms with van der Waals surface area (Å²) in [6.07, 6.45) is 8.31. The second kappa shape index (κ2) is 14.2. The molecule has 1 saturated heterocycles. The molecule has 6 heteroatoms. The molecule has 1 atom stereocenters. The van der Waals surface area contributed by atoms with Gasteiger partial charge in [0.15, 0.2) is 6.23 Å². The molecule has 2 rings (SSSR count). The van der Waals surface area contributed by atoms with E-state index in [1.165, 1.54) is 25.7 Å². The van der Waals surface area contributed by atoms with Gasteiger partial charge >= 0.3 is 6.09 Å². The van der Waals surface area contributed by atoms with Crippen LogP contribution in [0.3, 0.4) is 0 Å². The van der Waals surface area contributed by atoms with Gasteiger partial charge in [-0.1, -0.05) is 51.7 Å². The van der Waals surface area contributed by atoms with Crippen molar-refractivity contribution in [1.29, 1.82) is 0 Å². The summed E-state index contributed by atoms with van der Waals surface area (Å²) >= 11 is 0. The van der Waals surface area contributed by atoms with Crippen LogP contribution in [0.25, 0.3) is 0 Å². The molecule has 0 aliphatic carbocycles. The highest BCUT2D eigenvalue weighted by Crippen LogP contribution is 2.25. The van der Waals surface area contributed by atoms with Crippen LogP contribution in [-0.2, 0) is 9.47 Å². The lowest BCUT2D eigenvalue weighted by atomic mass is 10.2. The standard InChI is InChI=1S/C23H38N2O4/c1-3-5-6-7-12-18-28-21-14-9-8-13-20(21)24-23(26)29-22(19-27-17-4-2)25-15-10-11-16-25/h8-9,13-14,22H,3-7,10-12,15-19H2,1-2H3,(H,24,26). The number of benzene rings is 1. The van der Waals surface area contributed by atoms with Gasteiger partial charge in [0.1, 0.15) is 5.75 Å². The van der Waals surface area contributed by atoms with E-state index in [2.05, 4.69) is 24.1 Å². The summed E-state index contributed by atoms with van der Waals surface area (Å²) in [5.74, 6) is 0.680. The molecule has 1 heterocycles. The Morgan fingerprint density at radius 3 is 2.55 bits per heavy atom. The first-order valence-corrected chi connectivity index (χ1v) is 11.3. The Bertz CT molecular complexity index is 576. The van der Waals surface area contributed by atoms with Crippen LogP contribution in [0.5, 0.6) is 5.75 Å². The maximum absolute atomic E-state index is 12.5. The molecule has 1 aromatic carbocycles. The second-order valence-electron chi connectivity index (χ2n) is 7.56. The molecule has 29 heavy (non-hydrogen) atoms. The van der Waals surface area contributed by atoms with Crippen LogP contribution in [0.15, 0.2) is 24.3 Å². The van der Waals surface area contributed by atoms with E-state index in [0.29, 0.717) is 31.3 Å². The molecule has 1 aliphatic rings. The summed E-state index contributed by atoms with van der Waals surface area (Å²) in [5.41, 5.74) is 0.640. The highest BCUT2D eigenvalue weighted by molar-refractivity contribution is 5.86. The molecule has 0 bridgehead atoms. The lowest BCUT2D eigenvalue weighted by Crippen LogP contribution is -2.41. The van der Waals surface area contributed by atoms with Gasteiger partial charge in [0, 0.05) is 19.7 Å². The van der Waals surface area contributed by atoms with Crippen LogP contribution < -0.4 is 10.1 Å². The van der Waals surface area contributed by atoms with Crippen molar-refractivity contribution in [2.45, 2.75) is 71.4 Å². The second-order valence-corrected chi connectivity index (χ2v) is 7.56. The van der Waals surface area contributed by atoms with E-state index in [4.69, 9.17) is 14.2 Å². The quantitative estimate of drug-likeness (QED) is 0.417. The number of anilines is 1. The lowest BCUT2D eigenvalue weighted by molar-refractivity contribution is -0.0529. The Morgan fingerprint density at radius 2 is 1.79 bits per heavy atom. The Balaban J connectivity index is 1.84. The maximum Gasteiger partial charge on any atom is 0.413 e. The molecular weight excluding hydrogens is 368 g/mol. The summed E-state index contributed by atoms with van der Waals surface area (Å²) in [4.78, 5) is 14.7. The molecule has 1 N–H and O–H groups in total. The van der Waals surface area contributed by atoms with Crippen LogP contribution in [0, 0.1) is 0 Å². The number of carbonyl (C=O) groups is 1. The van der Waals surface area contributed by atoms with Crippen molar-refractivity contribution in [3.05, 3.63) is 24.3 Å². The number of ether oxygens (including phenoxy) is 3. The molecule has 1 aromatic rings. The van der Waals surface area contributed by atoms with Crippen molar-refractivity contribution >= 4 is 11.8 Å². The monoisotopic (exact) mass is 406 g/mol. The number of hydrogen-bond donors (Lipinski definition) is 1. The fourth-order valence-electron chi connectivity index (χ4n) is 3.42. The highest BCUT2D eigenvalue weighted by Gasteiger charge is 2.25. The molecule has 1 fully saturated rings. The third-order valence-electron chi connectivity index (χ3n) is 5.03. The van der Waals surface area contributed by atoms with Gasteiger partial charge in [-0.15, -0.1) is 0 Å². The minimum absolute atomic E-state index is 0.351. The van der Waals surface area contributed by atoms with Crippen LogP contribution in [0.1, 0.15) is 65.2 Å². The van der Waals surface area contributed by atoms with Gasteiger partial charge in [-0.2, -0.15) is 0 Å². The Kier molecular flexibility index (Phi) is 11.5. The third-order valence-corrected chi connectivity index (χ3v) is 5.03. The minimum atomic E-state index is -0.471. The number of nitrogens with zero attached hydrogens (tertiary/aromatic N) is 1. The first kappa shape index (κ1) is 23.5. The third kappa shape index (κ3) is 9.05. The largest absolute Gasteiger partial charge is 0.491 e. The van der Waals surface area contributed by atoms with E-state index < -0.39 is 6.09 Å². The Morgan fingerprint density at radius 1 is 1.03 bits per heavy atom. The topological polar surface area (TPSA) is 60.0 Å². The summed E-state index contributed by atoms with van der Waals surface area (Å²) in [5, 5.41) is 2.85. The number of para-hydroxylation sites is 2. The molecule has 0 aromatic heterocycles. The predicted molar refractivity (Wildman–Crippen MR) is 117 cm³/mol. The van der Waals surface area contributed by atoms with Crippen molar-refractivity contribution in [3.8, 4) is 5.75 Å². The average molecular weight is 407 g/mol. The Labute approximate surface area is 175 Å². The molecule has 0 radical (unpaired) electrons. The van der Waals surface area contributed by atoms with Crippen molar-refractivity contribution < 1.29 is 19.0 Å². The van der Waals surface area contributed by atoms with Crippen LogP contribution >= 0.6 is 0 Å². The van der Waals surface area contributed by atoms with Gasteiger partial charge in [-0.05, 0) is 37.8 Å². The molecular formula is C23H38N2O4. The lowest BCUT2D eigenvalue weighted by Gasteiger charge is -2.27. The minimum Gasteiger partial charge on any atom is -0.491 e. The molecule has 1 aliphatic heterocycles. The van der Waals surface area contributed by atoms with E-state index in [-0.39, 0.29) is 6.23 Å². The molecule has 0 saturated carbocycles. The fraction of sp³-hybridized carbons (Fsp3) is 0.696. The zero-order chi connectivity index (χ0) is 20.7. The zero-order valence-electron chi connectivity index (χ0n) is 18.2. The molecule has 1 unspecified atom stereocenters. The molecule has 1 amide bonds. The van der Waals surface area contributed by atoms with Crippen LogP contribution in [0.2, 0.25) is 0 Å². The summed E-state index contributed by atoms with van der Waals surface area (Å²) in [6, 6.07) is 7.51. The number of rotatable bonds is 14. The Hall–Kier alpha value is -1.79. The molecule has 0 spiro atoms. The number of nitrogens with one attached hydrogen (secondary N) is 1. The summed E-state index contributed by atoms with van der Waals surface area (Å²) in [6.45, 7) is 7.87. The van der Waals surface area contributed by atoms with E-state index in [1.54, 1.807) is 0 Å². The summed E-state index contributed by atoms with van der Waals surface area (Å²) in [7, 11) is 0. The summed E-state index contributed by atoms with van der Waals surface area (Å²) < 4.78 is 17.3. The highest BCUT2D eigenvalue weighted by atomic mass is 16.6. The van der Waals surface area contributed by atoms with Crippen molar-refractivity contribution in [3.63, 3.8) is 0 Å².